The number of halogens is 3. The second kappa shape index (κ2) is 9.05. The molecule has 0 saturated carbocycles. The normalized spacial score (nSPS) is 16.3. The van der Waals surface area contributed by atoms with Crippen LogP contribution in [-0.4, -0.2) is 43.7 Å². The molecule has 192 valence electrons. The van der Waals surface area contributed by atoms with Crippen molar-refractivity contribution in [1.29, 1.82) is 0 Å². The van der Waals surface area contributed by atoms with Gasteiger partial charge in [-0.25, -0.2) is 28.8 Å². The highest BCUT2D eigenvalue weighted by molar-refractivity contribution is 7.91. The standard InChI is InChI=1S/C21H22F3N7O4S/c1-20(2)10-31-18(35-11-20)14(9-27-31)36(25,33)30-19(32)29-17-13(4-5-15(28-17)21(22,23)24)12-6-7-26-16(8-12)34-3/h4-9H,10-11H2,1-3H3,(H3,25,28,29,30,32,33)/t36-/m1/s1. The molecule has 4 heterocycles. The minimum absolute atomic E-state index is 0.107. The molecule has 3 aromatic heterocycles. The Balaban J connectivity index is 1.71. The van der Waals surface area contributed by atoms with Crippen molar-refractivity contribution in [2.75, 3.05) is 19.0 Å². The largest absolute Gasteiger partial charge is 0.481 e. The molecule has 4 rings (SSSR count). The summed E-state index contributed by atoms with van der Waals surface area (Å²) in [6.07, 6.45) is -2.22. The highest BCUT2D eigenvalue weighted by Gasteiger charge is 2.34. The summed E-state index contributed by atoms with van der Waals surface area (Å²) in [6, 6.07) is 3.56. The van der Waals surface area contributed by atoms with Crippen molar-refractivity contribution in [2.24, 2.45) is 14.9 Å². The van der Waals surface area contributed by atoms with Gasteiger partial charge < -0.3 is 9.47 Å². The van der Waals surface area contributed by atoms with Gasteiger partial charge in [-0.05, 0) is 23.8 Å². The number of pyridine rings is 2. The zero-order valence-corrected chi connectivity index (χ0v) is 20.2. The van der Waals surface area contributed by atoms with Crippen molar-refractivity contribution >= 4 is 21.8 Å². The van der Waals surface area contributed by atoms with Crippen LogP contribution in [0.15, 0.2) is 45.9 Å². The van der Waals surface area contributed by atoms with Crippen LogP contribution >= 0.6 is 0 Å². The second-order valence-electron chi connectivity index (χ2n) is 8.69. The van der Waals surface area contributed by atoms with E-state index in [4.69, 9.17) is 14.6 Å². The van der Waals surface area contributed by atoms with Crippen molar-refractivity contribution in [3.63, 3.8) is 0 Å². The van der Waals surface area contributed by atoms with Gasteiger partial charge in [0.15, 0.2) is 9.92 Å². The number of urea groups is 1. The van der Waals surface area contributed by atoms with E-state index in [0.29, 0.717) is 18.7 Å². The lowest BCUT2D eigenvalue weighted by molar-refractivity contribution is -0.141. The maximum absolute atomic E-state index is 13.3. The Hall–Kier alpha value is -3.72. The van der Waals surface area contributed by atoms with Gasteiger partial charge in [0.25, 0.3) is 0 Å². The smallest absolute Gasteiger partial charge is 0.433 e. The van der Waals surface area contributed by atoms with Crippen LogP contribution in [0.3, 0.4) is 0 Å². The van der Waals surface area contributed by atoms with E-state index >= 15 is 0 Å². The predicted octanol–water partition coefficient (Wildman–Crippen LogP) is 3.72. The van der Waals surface area contributed by atoms with E-state index in [2.05, 4.69) is 24.7 Å². The van der Waals surface area contributed by atoms with Gasteiger partial charge in [-0.3, -0.25) is 5.32 Å². The molecule has 0 radical (unpaired) electrons. The third-order valence-corrected chi connectivity index (χ3v) is 6.48. The van der Waals surface area contributed by atoms with Gasteiger partial charge in [-0.15, -0.1) is 4.36 Å². The molecule has 1 aliphatic heterocycles. The summed E-state index contributed by atoms with van der Waals surface area (Å²) < 4.78 is 68.7. The number of fused-ring (bicyclic) bond motifs is 1. The molecule has 11 nitrogen and oxygen atoms in total. The fourth-order valence-electron chi connectivity index (χ4n) is 3.46. The minimum Gasteiger partial charge on any atom is -0.481 e. The van der Waals surface area contributed by atoms with Crippen LogP contribution in [0.25, 0.3) is 11.1 Å². The maximum Gasteiger partial charge on any atom is 0.433 e. The Morgan fingerprint density at radius 2 is 2.08 bits per heavy atom. The third kappa shape index (κ3) is 5.26. The molecule has 0 bridgehead atoms. The molecule has 1 atom stereocenters. The van der Waals surface area contributed by atoms with Gasteiger partial charge >= 0.3 is 12.2 Å². The van der Waals surface area contributed by atoms with Crippen LogP contribution in [-0.2, 0) is 22.6 Å². The first-order valence-corrected chi connectivity index (χ1v) is 12.0. The summed E-state index contributed by atoms with van der Waals surface area (Å²) in [6.45, 7) is 4.65. The lowest BCUT2D eigenvalue weighted by Gasteiger charge is -2.30. The van der Waals surface area contributed by atoms with Crippen LogP contribution in [0, 0.1) is 5.41 Å². The number of aromatic nitrogens is 4. The van der Waals surface area contributed by atoms with Crippen LogP contribution < -0.4 is 19.9 Å². The predicted molar refractivity (Wildman–Crippen MR) is 123 cm³/mol. The number of carbonyl (C=O) groups excluding carboxylic acids is 1. The maximum atomic E-state index is 13.3. The Bertz CT molecular complexity index is 1450. The number of hydrogen-bond acceptors (Lipinski definition) is 7. The first-order chi connectivity index (χ1) is 16.8. The average molecular weight is 526 g/mol. The summed E-state index contributed by atoms with van der Waals surface area (Å²) >= 11 is 0. The number of methoxy groups -OCH3 is 1. The van der Waals surface area contributed by atoms with E-state index in [0.717, 1.165) is 12.1 Å². The molecule has 3 aromatic rings. The molecule has 15 heteroatoms. The number of amides is 2. The number of alkyl halides is 3. The SMILES string of the molecule is COc1cc(-c2ccc(C(F)(F)F)nc2NC(=O)N=[S@@](N)(=O)c2cnn3c2OCC(C)(C)C3)ccn1. The van der Waals surface area contributed by atoms with Crippen LogP contribution in [0.1, 0.15) is 19.5 Å². The summed E-state index contributed by atoms with van der Waals surface area (Å²) in [4.78, 5) is 20.1. The fourth-order valence-corrected chi connectivity index (χ4v) is 4.46. The van der Waals surface area contributed by atoms with Crippen molar-refractivity contribution < 1.29 is 31.6 Å². The lowest BCUT2D eigenvalue weighted by atomic mass is 9.94. The zero-order chi connectivity index (χ0) is 26.3. The van der Waals surface area contributed by atoms with Gasteiger partial charge in [-0.1, -0.05) is 13.8 Å². The molecule has 2 amide bonds. The quantitative estimate of drug-likeness (QED) is 0.528. The third-order valence-electron chi connectivity index (χ3n) is 5.14. The van der Waals surface area contributed by atoms with Crippen LogP contribution in [0.5, 0.6) is 11.8 Å². The molecule has 0 unspecified atom stereocenters. The van der Waals surface area contributed by atoms with Gasteiger partial charge in [0, 0.05) is 23.2 Å². The van der Waals surface area contributed by atoms with Crippen LogP contribution in [0.2, 0.25) is 0 Å². The first-order valence-electron chi connectivity index (χ1n) is 10.4. The zero-order valence-electron chi connectivity index (χ0n) is 19.4. The number of ether oxygens (including phenoxy) is 2. The Morgan fingerprint density at radius 1 is 1.33 bits per heavy atom. The highest BCUT2D eigenvalue weighted by atomic mass is 32.2. The van der Waals surface area contributed by atoms with Gasteiger partial charge in [0.2, 0.25) is 11.8 Å². The topological polar surface area (TPSA) is 147 Å². The average Bonchev–Trinajstić information content (AvgIpc) is 3.21. The van der Waals surface area contributed by atoms with E-state index in [9.17, 15) is 22.2 Å². The van der Waals surface area contributed by atoms with Crippen molar-refractivity contribution in [3.8, 4) is 22.9 Å². The van der Waals surface area contributed by atoms with Crippen LogP contribution in [0.4, 0.5) is 23.8 Å². The molecule has 0 saturated heterocycles. The summed E-state index contributed by atoms with van der Waals surface area (Å²) in [7, 11) is -2.50. The number of anilines is 1. The van der Waals surface area contributed by atoms with Crippen molar-refractivity contribution in [1.82, 2.24) is 19.7 Å². The van der Waals surface area contributed by atoms with E-state index in [-0.39, 0.29) is 27.6 Å². The number of carbonyl (C=O) groups is 1. The molecule has 3 N–H and O–H groups in total. The van der Waals surface area contributed by atoms with Gasteiger partial charge in [0.1, 0.15) is 16.4 Å². The molecule has 0 aliphatic carbocycles. The molecule has 1 aliphatic rings. The van der Waals surface area contributed by atoms with Crippen molar-refractivity contribution in [3.05, 3.63) is 42.4 Å². The molecule has 36 heavy (non-hydrogen) atoms. The number of nitrogens with zero attached hydrogens (tertiary/aromatic N) is 5. The number of nitrogens with two attached hydrogens (primary N) is 1. The molecule has 0 fully saturated rings. The Morgan fingerprint density at radius 3 is 2.78 bits per heavy atom. The van der Waals surface area contributed by atoms with Gasteiger partial charge in [-0.2, -0.15) is 18.3 Å². The summed E-state index contributed by atoms with van der Waals surface area (Å²) in [5, 5.41) is 12.1. The molecule has 0 aromatic carbocycles. The first kappa shape index (κ1) is 25.4. The summed E-state index contributed by atoms with van der Waals surface area (Å²) in [5.41, 5.74) is -1.02. The Labute approximate surface area is 204 Å². The minimum atomic E-state index is -4.78. The van der Waals surface area contributed by atoms with Gasteiger partial charge in [0.05, 0.1) is 26.5 Å². The van der Waals surface area contributed by atoms with E-state index in [1.165, 1.54) is 36.3 Å². The Kier molecular flexibility index (Phi) is 6.38. The van der Waals surface area contributed by atoms with E-state index < -0.39 is 33.6 Å². The number of rotatable bonds is 4. The number of hydrogen-bond donors (Lipinski definition) is 2. The van der Waals surface area contributed by atoms with Crippen molar-refractivity contribution in [2.45, 2.75) is 31.5 Å². The van der Waals surface area contributed by atoms with E-state index in [1.807, 2.05) is 13.8 Å². The summed E-state index contributed by atoms with van der Waals surface area (Å²) in [5.74, 6) is -0.175. The molecular weight excluding hydrogens is 503 g/mol. The lowest BCUT2D eigenvalue weighted by Crippen LogP contribution is -2.33. The molecule has 0 spiro atoms. The second-order valence-corrected chi connectivity index (χ2v) is 10.5. The highest BCUT2D eigenvalue weighted by Crippen LogP contribution is 2.35. The number of nitrogens with one attached hydrogen (secondary N) is 1. The molecular formula is C21H22F3N7O4S. The monoisotopic (exact) mass is 525 g/mol. The fraction of sp³-hybridized carbons (Fsp3) is 0.333. The van der Waals surface area contributed by atoms with E-state index in [1.54, 1.807) is 0 Å².